The Morgan fingerprint density at radius 1 is 1.46 bits per heavy atom. The van der Waals surface area contributed by atoms with E-state index < -0.39 is 0 Å². The topological polar surface area (TPSA) is 38.9 Å². The zero-order chi connectivity index (χ0) is 9.68. The summed E-state index contributed by atoms with van der Waals surface area (Å²) >= 11 is 0. The van der Waals surface area contributed by atoms with Crippen LogP contribution in [-0.4, -0.2) is 4.98 Å². The van der Waals surface area contributed by atoms with Gasteiger partial charge in [0.25, 0.3) is 0 Å². The monoisotopic (exact) mass is 176 g/mol. The number of allylic oxidation sites excluding steroid dienone is 2. The Morgan fingerprint density at radius 2 is 2.23 bits per heavy atom. The summed E-state index contributed by atoms with van der Waals surface area (Å²) in [5.41, 5.74) is 8.03. The normalized spacial score (nSPS) is 11.7. The van der Waals surface area contributed by atoms with Crippen molar-refractivity contribution in [3.63, 3.8) is 0 Å². The van der Waals surface area contributed by atoms with Crippen LogP contribution in [0.15, 0.2) is 24.4 Å². The zero-order valence-corrected chi connectivity index (χ0v) is 8.25. The van der Waals surface area contributed by atoms with Gasteiger partial charge < -0.3 is 5.73 Å². The molecule has 0 radical (unpaired) electrons. The first kappa shape index (κ1) is 9.78. The molecular weight excluding hydrogens is 160 g/mol. The third-order valence-electron chi connectivity index (χ3n) is 1.99. The van der Waals surface area contributed by atoms with E-state index in [2.05, 4.69) is 24.9 Å². The second-order valence-corrected chi connectivity index (χ2v) is 2.96. The van der Waals surface area contributed by atoms with Crippen LogP contribution in [0.4, 0.5) is 5.82 Å². The lowest BCUT2D eigenvalue weighted by molar-refractivity contribution is 1.16. The molecule has 0 spiro atoms. The molecule has 0 aliphatic heterocycles. The molecule has 2 nitrogen and oxygen atoms in total. The molecule has 0 aliphatic carbocycles. The molecule has 0 saturated heterocycles. The molecule has 1 rings (SSSR count). The lowest BCUT2D eigenvalue weighted by atomic mass is 10.0. The lowest BCUT2D eigenvalue weighted by Crippen LogP contribution is -1.91. The van der Waals surface area contributed by atoms with E-state index in [1.54, 1.807) is 0 Å². The van der Waals surface area contributed by atoms with Gasteiger partial charge in [0.05, 0.1) is 0 Å². The highest BCUT2D eigenvalue weighted by atomic mass is 14.8. The van der Waals surface area contributed by atoms with E-state index in [4.69, 9.17) is 5.73 Å². The Labute approximate surface area is 79.5 Å². The number of nitrogens with zero attached hydrogens (tertiary/aromatic N) is 1. The van der Waals surface area contributed by atoms with Gasteiger partial charge in [0, 0.05) is 6.20 Å². The van der Waals surface area contributed by atoms with Crippen LogP contribution in [0.2, 0.25) is 0 Å². The molecule has 0 saturated carbocycles. The summed E-state index contributed by atoms with van der Waals surface area (Å²) < 4.78 is 0. The van der Waals surface area contributed by atoms with Crippen molar-refractivity contribution in [2.75, 3.05) is 5.73 Å². The number of anilines is 1. The van der Waals surface area contributed by atoms with Crippen molar-refractivity contribution in [3.05, 3.63) is 30.0 Å². The SMILES string of the molecule is CC/C=C(\CC)c1ccc(N)nc1. The summed E-state index contributed by atoms with van der Waals surface area (Å²) in [4.78, 5) is 4.07. The summed E-state index contributed by atoms with van der Waals surface area (Å²) in [5, 5.41) is 0. The van der Waals surface area contributed by atoms with Gasteiger partial charge in [0.15, 0.2) is 0 Å². The minimum Gasteiger partial charge on any atom is -0.384 e. The molecule has 70 valence electrons. The van der Waals surface area contributed by atoms with Crippen LogP contribution in [0.25, 0.3) is 5.57 Å². The standard InChI is InChI=1S/C11H16N2/c1-3-5-9(4-2)10-6-7-11(12)13-8-10/h5-8H,3-4H2,1-2H3,(H2,12,13)/b9-5+. The Balaban J connectivity index is 2.92. The predicted octanol–water partition coefficient (Wildman–Crippen LogP) is 2.87. The van der Waals surface area contributed by atoms with Crippen LogP contribution in [0.1, 0.15) is 32.3 Å². The molecule has 0 amide bonds. The summed E-state index contributed by atoms with van der Waals surface area (Å²) in [5.74, 6) is 0.579. The Hall–Kier alpha value is -1.31. The molecule has 0 unspecified atom stereocenters. The van der Waals surface area contributed by atoms with Gasteiger partial charge in [-0.1, -0.05) is 19.9 Å². The Kier molecular flexibility index (Phi) is 3.50. The maximum Gasteiger partial charge on any atom is 0.123 e. The van der Waals surface area contributed by atoms with Gasteiger partial charge in [-0.25, -0.2) is 4.98 Å². The van der Waals surface area contributed by atoms with E-state index in [1.807, 2.05) is 18.3 Å². The van der Waals surface area contributed by atoms with E-state index in [-0.39, 0.29) is 0 Å². The summed E-state index contributed by atoms with van der Waals surface area (Å²) in [7, 11) is 0. The van der Waals surface area contributed by atoms with Crippen molar-refractivity contribution >= 4 is 11.4 Å². The highest BCUT2D eigenvalue weighted by molar-refractivity contribution is 5.65. The summed E-state index contributed by atoms with van der Waals surface area (Å²) in [6.07, 6.45) is 6.17. The second kappa shape index (κ2) is 4.65. The summed E-state index contributed by atoms with van der Waals surface area (Å²) in [6.45, 7) is 4.29. The predicted molar refractivity (Wildman–Crippen MR) is 57.2 cm³/mol. The number of aromatic nitrogens is 1. The van der Waals surface area contributed by atoms with Crippen LogP contribution < -0.4 is 5.73 Å². The molecular formula is C11H16N2. The van der Waals surface area contributed by atoms with Crippen LogP contribution >= 0.6 is 0 Å². The zero-order valence-electron chi connectivity index (χ0n) is 8.25. The first-order valence-corrected chi connectivity index (χ1v) is 4.68. The first-order chi connectivity index (χ1) is 6.27. The quantitative estimate of drug-likeness (QED) is 0.769. The van der Waals surface area contributed by atoms with Crippen molar-refractivity contribution in [2.24, 2.45) is 0 Å². The molecule has 0 fully saturated rings. The minimum atomic E-state index is 0.579. The number of rotatable bonds is 3. The largest absolute Gasteiger partial charge is 0.384 e. The van der Waals surface area contributed by atoms with Crippen molar-refractivity contribution in [2.45, 2.75) is 26.7 Å². The fourth-order valence-corrected chi connectivity index (χ4v) is 1.31. The second-order valence-electron chi connectivity index (χ2n) is 2.96. The molecule has 13 heavy (non-hydrogen) atoms. The van der Waals surface area contributed by atoms with Crippen molar-refractivity contribution in [1.82, 2.24) is 4.98 Å². The van der Waals surface area contributed by atoms with E-state index in [0.717, 1.165) is 12.8 Å². The molecule has 2 N–H and O–H groups in total. The minimum absolute atomic E-state index is 0.579. The van der Waals surface area contributed by atoms with E-state index in [9.17, 15) is 0 Å². The molecule has 0 aliphatic rings. The average molecular weight is 176 g/mol. The first-order valence-electron chi connectivity index (χ1n) is 4.68. The highest BCUT2D eigenvalue weighted by Crippen LogP contribution is 2.18. The fourth-order valence-electron chi connectivity index (χ4n) is 1.31. The summed E-state index contributed by atoms with van der Waals surface area (Å²) in [6, 6.07) is 3.86. The van der Waals surface area contributed by atoms with E-state index in [0.29, 0.717) is 5.82 Å². The van der Waals surface area contributed by atoms with Crippen LogP contribution in [0, 0.1) is 0 Å². The number of nitrogens with two attached hydrogens (primary N) is 1. The van der Waals surface area contributed by atoms with Gasteiger partial charge in [-0.3, -0.25) is 0 Å². The smallest absolute Gasteiger partial charge is 0.123 e. The van der Waals surface area contributed by atoms with Gasteiger partial charge in [-0.15, -0.1) is 0 Å². The maximum absolute atomic E-state index is 5.51. The molecule has 1 aromatic heterocycles. The van der Waals surface area contributed by atoms with Gasteiger partial charge >= 0.3 is 0 Å². The molecule has 1 heterocycles. The lowest BCUT2D eigenvalue weighted by Gasteiger charge is -2.03. The number of nitrogen functional groups attached to an aromatic ring is 1. The molecule has 0 bridgehead atoms. The third-order valence-corrected chi connectivity index (χ3v) is 1.99. The fraction of sp³-hybridized carbons (Fsp3) is 0.364. The van der Waals surface area contributed by atoms with Crippen LogP contribution in [-0.2, 0) is 0 Å². The third kappa shape index (κ3) is 2.58. The van der Waals surface area contributed by atoms with Crippen molar-refractivity contribution in [1.29, 1.82) is 0 Å². The van der Waals surface area contributed by atoms with Gasteiger partial charge in [0.1, 0.15) is 5.82 Å². The molecule has 0 aromatic carbocycles. The molecule has 1 aromatic rings. The van der Waals surface area contributed by atoms with Gasteiger partial charge in [-0.2, -0.15) is 0 Å². The average Bonchev–Trinajstić information content (AvgIpc) is 2.16. The van der Waals surface area contributed by atoms with Crippen molar-refractivity contribution in [3.8, 4) is 0 Å². The van der Waals surface area contributed by atoms with Gasteiger partial charge in [0.2, 0.25) is 0 Å². The van der Waals surface area contributed by atoms with Gasteiger partial charge in [-0.05, 0) is 36.1 Å². The Morgan fingerprint density at radius 3 is 2.69 bits per heavy atom. The van der Waals surface area contributed by atoms with Crippen molar-refractivity contribution < 1.29 is 0 Å². The number of pyridine rings is 1. The van der Waals surface area contributed by atoms with E-state index in [1.165, 1.54) is 11.1 Å². The maximum atomic E-state index is 5.51. The van der Waals surface area contributed by atoms with Crippen LogP contribution in [0.3, 0.4) is 0 Å². The number of hydrogen-bond acceptors (Lipinski definition) is 2. The molecule has 0 atom stereocenters. The Bertz CT molecular complexity index is 285. The van der Waals surface area contributed by atoms with E-state index >= 15 is 0 Å². The number of hydrogen-bond donors (Lipinski definition) is 1. The molecule has 2 heteroatoms. The highest BCUT2D eigenvalue weighted by Gasteiger charge is 1.97. The van der Waals surface area contributed by atoms with Crippen LogP contribution in [0.5, 0.6) is 0 Å².